The monoisotopic (exact) mass is 415 g/mol. The molecule has 0 unspecified atom stereocenters. The first-order valence-corrected chi connectivity index (χ1v) is 10.5. The van der Waals surface area contributed by atoms with Gasteiger partial charge in [-0.3, -0.25) is 4.79 Å². The quantitative estimate of drug-likeness (QED) is 0.364. The third kappa shape index (κ3) is 7.00. The molecule has 0 aliphatic carbocycles. The lowest BCUT2D eigenvalue weighted by Gasteiger charge is -2.11. The minimum absolute atomic E-state index is 0.0936. The van der Waals surface area contributed by atoms with Gasteiger partial charge in [0.15, 0.2) is 0 Å². The van der Waals surface area contributed by atoms with Crippen LogP contribution in [0, 0.1) is 0 Å². The zero-order chi connectivity index (χ0) is 21.9. The van der Waals surface area contributed by atoms with Crippen LogP contribution >= 0.6 is 0 Å². The SMILES string of the molecule is COc1ccc(/C(=C/C=C/C(=O)N[C@H](C)CCCc2ncc[nH]2)c2ccccc2)cc1. The molecule has 31 heavy (non-hydrogen) atoms. The van der Waals surface area contributed by atoms with Gasteiger partial charge in [0.1, 0.15) is 11.6 Å². The minimum Gasteiger partial charge on any atom is -0.497 e. The first kappa shape index (κ1) is 22.1. The average Bonchev–Trinajstić information content (AvgIpc) is 3.31. The highest BCUT2D eigenvalue weighted by molar-refractivity contribution is 5.89. The molecule has 1 atom stereocenters. The van der Waals surface area contributed by atoms with E-state index in [0.717, 1.165) is 47.5 Å². The Hall–Kier alpha value is -3.60. The Morgan fingerprint density at radius 1 is 1.13 bits per heavy atom. The lowest BCUT2D eigenvalue weighted by atomic mass is 9.97. The number of ether oxygens (including phenoxy) is 1. The van der Waals surface area contributed by atoms with E-state index in [1.165, 1.54) is 0 Å². The van der Waals surface area contributed by atoms with Crippen LogP contribution in [0.1, 0.15) is 36.7 Å². The van der Waals surface area contributed by atoms with Crippen LogP contribution in [0.5, 0.6) is 5.75 Å². The third-order valence-corrected chi connectivity index (χ3v) is 4.99. The molecule has 0 aliphatic heterocycles. The zero-order valence-electron chi connectivity index (χ0n) is 18.0. The lowest BCUT2D eigenvalue weighted by Crippen LogP contribution is -2.31. The molecule has 0 spiro atoms. The summed E-state index contributed by atoms with van der Waals surface area (Å²) in [6.07, 6.45) is 11.7. The van der Waals surface area contributed by atoms with Crippen LogP contribution in [0.4, 0.5) is 0 Å². The molecule has 1 aromatic heterocycles. The molecule has 0 fully saturated rings. The molecule has 3 aromatic rings. The van der Waals surface area contributed by atoms with Crippen LogP contribution in [0.2, 0.25) is 0 Å². The van der Waals surface area contributed by atoms with E-state index in [1.54, 1.807) is 25.5 Å². The summed E-state index contributed by atoms with van der Waals surface area (Å²) in [6.45, 7) is 2.02. The molecule has 0 bridgehead atoms. The van der Waals surface area contributed by atoms with Gasteiger partial charge in [0, 0.05) is 30.9 Å². The van der Waals surface area contributed by atoms with Crippen LogP contribution in [0.3, 0.4) is 0 Å². The van der Waals surface area contributed by atoms with Gasteiger partial charge in [-0.2, -0.15) is 0 Å². The van der Waals surface area contributed by atoms with Gasteiger partial charge < -0.3 is 15.0 Å². The first-order valence-electron chi connectivity index (χ1n) is 10.5. The maximum absolute atomic E-state index is 12.3. The van der Waals surface area contributed by atoms with Crippen LogP contribution in [0.25, 0.3) is 5.57 Å². The Bertz CT molecular complexity index is 991. The number of methoxy groups -OCH3 is 1. The molecule has 3 rings (SSSR count). The third-order valence-electron chi connectivity index (χ3n) is 4.99. The number of allylic oxidation sites excluding steroid dienone is 2. The Kier molecular flexibility index (Phi) is 8.23. The molecule has 5 nitrogen and oxygen atoms in total. The average molecular weight is 416 g/mol. The summed E-state index contributed by atoms with van der Waals surface area (Å²) in [5.74, 6) is 1.70. The van der Waals surface area contributed by atoms with Crippen molar-refractivity contribution in [2.24, 2.45) is 0 Å². The predicted molar refractivity (Wildman–Crippen MR) is 125 cm³/mol. The maximum Gasteiger partial charge on any atom is 0.244 e. The number of carbonyl (C=O) groups excluding carboxylic acids is 1. The summed E-state index contributed by atoms with van der Waals surface area (Å²) in [7, 11) is 1.66. The molecule has 0 saturated carbocycles. The number of benzene rings is 2. The molecule has 0 aliphatic rings. The summed E-state index contributed by atoms with van der Waals surface area (Å²) in [5, 5.41) is 3.03. The fourth-order valence-corrected chi connectivity index (χ4v) is 3.35. The van der Waals surface area contributed by atoms with Crippen molar-refractivity contribution < 1.29 is 9.53 Å². The van der Waals surface area contributed by atoms with Gasteiger partial charge >= 0.3 is 0 Å². The molecule has 0 radical (unpaired) electrons. The highest BCUT2D eigenvalue weighted by Gasteiger charge is 2.07. The molecule has 1 heterocycles. The molecule has 2 N–H and O–H groups in total. The van der Waals surface area contributed by atoms with Gasteiger partial charge in [0.05, 0.1) is 7.11 Å². The van der Waals surface area contributed by atoms with E-state index in [2.05, 4.69) is 27.4 Å². The summed E-state index contributed by atoms with van der Waals surface area (Å²) in [6, 6.07) is 18.1. The number of H-pyrrole nitrogens is 1. The summed E-state index contributed by atoms with van der Waals surface area (Å²) in [4.78, 5) is 19.6. The van der Waals surface area contributed by atoms with E-state index in [0.29, 0.717) is 0 Å². The van der Waals surface area contributed by atoms with Crippen molar-refractivity contribution in [2.75, 3.05) is 7.11 Å². The highest BCUT2D eigenvalue weighted by Crippen LogP contribution is 2.25. The summed E-state index contributed by atoms with van der Waals surface area (Å²) >= 11 is 0. The van der Waals surface area contributed by atoms with Crippen LogP contribution in [-0.4, -0.2) is 29.0 Å². The summed E-state index contributed by atoms with van der Waals surface area (Å²) in [5.41, 5.74) is 3.19. The largest absolute Gasteiger partial charge is 0.497 e. The molecular formula is C26H29N3O2. The molecular weight excluding hydrogens is 386 g/mol. The molecule has 0 saturated heterocycles. The van der Waals surface area contributed by atoms with Gasteiger partial charge in [0.25, 0.3) is 0 Å². The van der Waals surface area contributed by atoms with Crippen LogP contribution in [-0.2, 0) is 11.2 Å². The second-order valence-electron chi connectivity index (χ2n) is 7.37. The Balaban J connectivity index is 1.61. The number of hydrogen-bond donors (Lipinski definition) is 2. The number of imidazole rings is 1. The van der Waals surface area contributed by atoms with Gasteiger partial charge in [0.2, 0.25) is 5.91 Å². The van der Waals surface area contributed by atoms with E-state index < -0.39 is 0 Å². The van der Waals surface area contributed by atoms with Crippen molar-refractivity contribution in [3.05, 3.63) is 102 Å². The Morgan fingerprint density at radius 2 is 1.87 bits per heavy atom. The van der Waals surface area contributed by atoms with E-state index in [9.17, 15) is 4.79 Å². The number of aryl methyl sites for hydroxylation is 1. The van der Waals surface area contributed by atoms with Gasteiger partial charge in [-0.25, -0.2) is 4.98 Å². The van der Waals surface area contributed by atoms with Gasteiger partial charge in [-0.1, -0.05) is 54.6 Å². The maximum atomic E-state index is 12.3. The highest BCUT2D eigenvalue weighted by atomic mass is 16.5. The van der Waals surface area contributed by atoms with Gasteiger partial charge in [-0.05, 0) is 48.6 Å². The van der Waals surface area contributed by atoms with Crippen molar-refractivity contribution >= 4 is 11.5 Å². The van der Waals surface area contributed by atoms with E-state index in [1.807, 2.05) is 61.7 Å². The molecule has 5 heteroatoms. The molecule has 1 amide bonds. The number of nitrogens with one attached hydrogen (secondary N) is 2. The number of rotatable bonds is 10. The second kappa shape index (κ2) is 11.6. The number of hydrogen-bond acceptors (Lipinski definition) is 3. The molecule has 2 aromatic carbocycles. The fraction of sp³-hybridized carbons (Fsp3) is 0.231. The summed E-state index contributed by atoms with van der Waals surface area (Å²) < 4.78 is 5.26. The Morgan fingerprint density at radius 3 is 2.55 bits per heavy atom. The van der Waals surface area contributed by atoms with Crippen molar-refractivity contribution in [3.63, 3.8) is 0 Å². The normalized spacial score (nSPS) is 12.6. The number of aromatic nitrogens is 2. The van der Waals surface area contributed by atoms with Crippen molar-refractivity contribution in [3.8, 4) is 5.75 Å². The van der Waals surface area contributed by atoms with Crippen LogP contribution in [0.15, 0.2) is 85.2 Å². The second-order valence-corrected chi connectivity index (χ2v) is 7.37. The topological polar surface area (TPSA) is 67.0 Å². The first-order chi connectivity index (χ1) is 15.2. The standard InChI is InChI=1S/C26H29N3O2/c1-20(8-6-12-25-27-18-19-28-25)29-26(30)13-7-11-24(21-9-4-3-5-10-21)22-14-16-23(31-2)17-15-22/h3-5,7,9-11,13-20H,6,8,12H2,1-2H3,(H,27,28)(H,29,30)/b13-7+,24-11+/t20-/m1/s1. The van der Waals surface area contributed by atoms with E-state index >= 15 is 0 Å². The number of carbonyl (C=O) groups is 1. The molecule has 160 valence electrons. The zero-order valence-corrected chi connectivity index (χ0v) is 18.0. The van der Waals surface area contributed by atoms with E-state index in [-0.39, 0.29) is 11.9 Å². The smallest absolute Gasteiger partial charge is 0.244 e. The van der Waals surface area contributed by atoms with Crippen molar-refractivity contribution in [2.45, 2.75) is 32.2 Å². The predicted octanol–water partition coefficient (Wildman–Crippen LogP) is 4.93. The Labute approximate surface area is 183 Å². The minimum atomic E-state index is -0.0936. The van der Waals surface area contributed by atoms with Crippen molar-refractivity contribution in [1.82, 2.24) is 15.3 Å². The number of aromatic amines is 1. The van der Waals surface area contributed by atoms with Crippen LogP contribution < -0.4 is 10.1 Å². The number of amides is 1. The number of nitrogens with zero attached hydrogens (tertiary/aromatic N) is 1. The lowest BCUT2D eigenvalue weighted by molar-refractivity contribution is -0.117. The van der Waals surface area contributed by atoms with Gasteiger partial charge in [-0.15, -0.1) is 0 Å². The van der Waals surface area contributed by atoms with Crippen molar-refractivity contribution in [1.29, 1.82) is 0 Å². The van der Waals surface area contributed by atoms with E-state index in [4.69, 9.17) is 4.74 Å². The fourth-order valence-electron chi connectivity index (χ4n) is 3.35.